The molecule has 0 aliphatic carbocycles. The first-order valence-corrected chi connectivity index (χ1v) is 15.6. The summed E-state index contributed by atoms with van der Waals surface area (Å²) in [5.74, 6) is 1.79. The molecule has 1 aliphatic heterocycles. The predicted octanol–water partition coefficient (Wildman–Crippen LogP) is 9.04. The summed E-state index contributed by atoms with van der Waals surface area (Å²) in [6.45, 7) is 15.3. The van der Waals surface area contributed by atoms with Crippen LogP contribution in [0.25, 0.3) is 0 Å². The highest BCUT2D eigenvalue weighted by Gasteiger charge is 2.23. The lowest BCUT2D eigenvalue weighted by atomic mass is 9.91. The summed E-state index contributed by atoms with van der Waals surface area (Å²) in [6, 6.07) is 0. The van der Waals surface area contributed by atoms with E-state index in [4.69, 9.17) is 9.47 Å². The van der Waals surface area contributed by atoms with Crippen LogP contribution in [0.15, 0.2) is 0 Å². The Hall–Kier alpha value is -0.120. The Morgan fingerprint density at radius 3 is 1.88 bits per heavy atom. The molecule has 1 heterocycles. The third kappa shape index (κ3) is 17.3. The zero-order valence-corrected chi connectivity index (χ0v) is 24.0. The minimum absolute atomic E-state index is 0.269. The fraction of sp³-hybridized carbons (Fsp3) is 1.00. The van der Waals surface area contributed by atoms with Crippen molar-refractivity contribution in [3.63, 3.8) is 0 Å². The Morgan fingerprint density at radius 1 is 0.676 bits per heavy atom. The van der Waals surface area contributed by atoms with E-state index in [2.05, 4.69) is 32.6 Å². The molecular formula is C31H63NO2. The second kappa shape index (κ2) is 23.3. The van der Waals surface area contributed by atoms with Crippen molar-refractivity contribution in [1.29, 1.82) is 0 Å². The highest BCUT2D eigenvalue weighted by molar-refractivity contribution is 4.75. The number of hydrogen-bond acceptors (Lipinski definition) is 3. The van der Waals surface area contributed by atoms with Gasteiger partial charge in [-0.1, -0.05) is 118 Å². The van der Waals surface area contributed by atoms with Crippen molar-refractivity contribution in [1.82, 2.24) is 4.90 Å². The van der Waals surface area contributed by atoms with Gasteiger partial charge in [0.15, 0.2) is 0 Å². The van der Waals surface area contributed by atoms with Crippen molar-refractivity contribution < 1.29 is 9.47 Å². The number of hydrogen-bond donors (Lipinski definition) is 0. The van der Waals surface area contributed by atoms with E-state index in [1.807, 2.05) is 0 Å². The van der Waals surface area contributed by atoms with Crippen molar-refractivity contribution in [2.45, 2.75) is 149 Å². The number of morpholine rings is 1. The van der Waals surface area contributed by atoms with Crippen molar-refractivity contribution in [2.75, 3.05) is 39.5 Å². The third-order valence-corrected chi connectivity index (χ3v) is 7.81. The topological polar surface area (TPSA) is 21.7 Å². The summed E-state index contributed by atoms with van der Waals surface area (Å²) < 4.78 is 12.2. The lowest BCUT2D eigenvalue weighted by Gasteiger charge is -2.35. The SMILES string of the molecule is CCCCCCC(CCCC)CCCOC[C@@H]1CN(CC(CCCC)CCCCCC)CCO1. The van der Waals surface area contributed by atoms with Crippen LogP contribution in [-0.2, 0) is 9.47 Å². The van der Waals surface area contributed by atoms with Gasteiger partial charge in [-0.05, 0) is 37.5 Å². The van der Waals surface area contributed by atoms with Crippen LogP contribution in [0.3, 0.4) is 0 Å². The van der Waals surface area contributed by atoms with E-state index >= 15 is 0 Å². The number of rotatable bonds is 24. The maximum absolute atomic E-state index is 6.13. The van der Waals surface area contributed by atoms with Crippen molar-refractivity contribution in [3.05, 3.63) is 0 Å². The largest absolute Gasteiger partial charge is 0.379 e. The molecule has 0 aromatic heterocycles. The quantitative estimate of drug-likeness (QED) is 0.128. The first-order valence-electron chi connectivity index (χ1n) is 15.6. The van der Waals surface area contributed by atoms with Gasteiger partial charge in [0.25, 0.3) is 0 Å². The maximum atomic E-state index is 6.13. The van der Waals surface area contributed by atoms with E-state index < -0.39 is 0 Å². The predicted molar refractivity (Wildman–Crippen MR) is 150 cm³/mol. The molecule has 0 saturated carbocycles. The molecule has 34 heavy (non-hydrogen) atoms. The Kier molecular flexibility index (Phi) is 21.9. The summed E-state index contributed by atoms with van der Waals surface area (Å²) in [5.41, 5.74) is 0. The Morgan fingerprint density at radius 2 is 1.24 bits per heavy atom. The lowest BCUT2D eigenvalue weighted by molar-refractivity contribution is -0.0728. The monoisotopic (exact) mass is 481 g/mol. The summed E-state index contributed by atoms with van der Waals surface area (Å²) in [6.07, 6.45) is 25.1. The Labute approximate surface area is 215 Å². The average Bonchev–Trinajstić information content (AvgIpc) is 2.85. The van der Waals surface area contributed by atoms with Crippen LogP contribution in [0, 0.1) is 11.8 Å². The second-order valence-corrected chi connectivity index (χ2v) is 11.2. The first-order chi connectivity index (χ1) is 16.7. The van der Waals surface area contributed by atoms with Crippen molar-refractivity contribution in [3.8, 4) is 0 Å². The summed E-state index contributed by atoms with van der Waals surface area (Å²) in [5, 5.41) is 0. The van der Waals surface area contributed by atoms with Crippen molar-refractivity contribution in [2.24, 2.45) is 11.8 Å². The number of unbranched alkanes of at least 4 members (excludes halogenated alkanes) is 8. The molecule has 1 fully saturated rings. The molecule has 3 heteroatoms. The highest BCUT2D eigenvalue weighted by atomic mass is 16.5. The van der Waals surface area contributed by atoms with Gasteiger partial charge in [0.1, 0.15) is 0 Å². The molecule has 3 atom stereocenters. The van der Waals surface area contributed by atoms with Gasteiger partial charge in [0.05, 0.1) is 19.3 Å². The van der Waals surface area contributed by atoms with Gasteiger partial charge in [0, 0.05) is 26.2 Å². The summed E-state index contributed by atoms with van der Waals surface area (Å²) in [4.78, 5) is 2.68. The zero-order chi connectivity index (χ0) is 24.7. The van der Waals surface area contributed by atoms with Gasteiger partial charge < -0.3 is 9.47 Å². The van der Waals surface area contributed by atoms with Gasteiger partial charge in [-0.3, -0.25) is 4.90 Å². The Bertz CT molecular complexity index is 416. The van der Waals surface area contributed by atoms with Crippen LogP contribution in [-0.4, -0.2) is 50.5 Å². The molecule has 1 rings (SSSR count). The lowest BCUT2D eigenvalue weighted by Crippen LogP contribution is -2.46. The van der Waals surface area contributed by atoms with E-state index in [0.717, 1.165) is 44.7 Å². The van der Waals surface area contributed by atoms with Gasteiger partial charge in [0.2, 0.25) is 0 Å². The fourth-order valence-corrected chi connectivity index (χ4v) is 5.57. The third-order valence-electron chi connectivity index (χ3n) is 7.81. The van der Waals surface area contributed by atoms with Crippen LogP contribution < -0.4 is 0 Å². The molecule has 2 unspecified atom stereocenters. The second-order valence-electron chi connectivity index (χ2n) is 11.2. The van der Waals surface area contributed by atoms with E-state index in [-0.39, 0.29) is 6.10 Å². The standard InChI is InChI=1S/C31H63NO2/c1-5-9-13-15-20-29(18-11-7-3)22-17-24-33-28-31-27-32(23-25-34-31)26-30(19-12-8-4)21-16-14-10-6-2/h29-31H,5-28H2,1-4H3/t29?,30?,31-/m0/s1. The minimum atomic E-state index is 0.269. The molecule has 0 spiro atoms. The number of ether oxygens (including phenoxy) is 2. The van der Waals surface area contributed by atoms with Crippen LogP contribution in [0.1, 0.15) is 143 Å². The van der Waals surface area contributed by atoms with E-state index in [1.54, 1.807) is 0 Å². The van der Waals surface area contributed by atoms with E-state index in [9.17, 15) is 0 Å². The molecule has 3 nitrogen and oxygen atoms in total. The molecule has 0 radical (unpaired) electrons. The smallest absolute Gasteiger partial charge is 0.0935 e. The van der Waals surface area contributed by atoms with E-state index in [1.165, 1.54) is 122 Å². The van der Waals surface area contributed by atoms with Crippen LogP contribution in [0.2, 0.25) is 0 Å². The molecule has 0 aromatic rings. The fourth-order valence-electron chi connectivity index (χ4n) is 5.57. The molecule has 0 N–H and O–H groups in total. The molecule has 1 saturated heterocycles. The summed E-state index contributed by atoms with van der Waals surface area (Å²) >= 11 is 0. The molecular weight excluding hydrogens is 418 g/mol. The van der Waals surface area contributed by atoms with Gasteiger partial charge in [-0.2, -0.15) is 0 Å². The molecule has 0 bridgehead atoms. The van der Waals surface area contributed by atoms with Crippen LogP contribution in [0.4, 0.5) is 0 Å². The zero-order valence-electron chi connectivity index (χ0n) is 24.0. The Balaban J connectivity index is 2.25. The van der Waals surface area contributed by atoms with E-state index in [0.29, 0.717) is 0 Å². The molecule has 1 aliphatic rings. The average molecular weight is 482 g/mol. The molecule has 0 amide bonds. The van der Waals surface area contributed by atoms with Crippen LogP contribution >= 0.6 is 0 Å². The van der Waals surface area contributed by atoms with Crippen molar-refractivity contribution >= 4 is 0 Å². The maximum Gasteiger partial charge on any atom is 0.0935 e. The minimum Gasteiger partial charge on any atom is -0.379 e. The normalized spacial score (nSPS) is 18.9. The first kappa shape index (κ1) is 31.9. The number of nitrogens with zero attached hydrogens (tertiary/aromatic N) is 1. The van der Waals surface area contributed by atoms with Gasteiger partial charge in [-0.15, -0.1) is 0 Å². The molecule has 0 aromatic carbocycles. The van der Waals surface area contributed by atoms with Crippen LogP contribution in [0.5, 0.6) is 0 Å². The van der Waals surface area contributed by atoms with Gasteiger partial charge >= 0.3 is 0 Å². The molecule has 204 valence electrons. The van der Waals surface area contributed by atoms with Gasteiger partial charge in [-0.25, -0.2) is 0 Å². The summed E-state index contributed by atoms with van der Waals surface area (Å²) in [7, 11) is 0. The highest BCUT2D eigenvalue weighted by Crippen LogP contribution is 2.23.